The van der Waals surface area contributed by atoms with Crippen molar-refractivity contribution in [2.45, 2.75) is 18.8 Å². The summed E-state index contributed by atoms with van der Waals surface area (Å²) in [5.41, 5.74) is 3.37. The molecular weight excluding hydrogens is 564 g/mol. The first-order valence-electron chi connectivity index (χ1n) is 14.0. The first kappa shape index (κ1) is 29.8. The van der Waals surface area contributed by atoms with Crippen molar-refractivity contribution in [1.29, 1.82) is 0 Å². The van der Waals surface area contributed by atoms with Crippen LogP contribution in [0, 0.1) is 5.92 Å². The van der Waals surface area contributed by atoms with Crippen LogP contribution in [0.3, 0.4) is 0 Å². The average Bonchev–Trinajstić information content (AvgIpc) is 3.29. The number of phenolic OH excluding ortho intramolecular Hbond substituents is 6. The van der Waals surface area contributed by atoms with E-state index in [1.165, 1.54) is 30.3 Å². The Kier molecular flexibility index (Phi) is 8.61. The van der Waals surface area contributed by atoms with E-state index in [1.54, 1.807) is 54.6 Å². The van der Waals surface area contributed by atoms with Gasteiger partial charge >= 0.3 is 0 Å². The van der Waals surface area contributed by atoms with E-state index >= 15 is 0 Å². The van der Waals surface area contributed by atoms with Crippen LogP contribution in [0.5, 0.6) is 34.5 Å². The van der Waals surface area contributed by atoms with E-state index in [1.807, 2.05) is 0 Å². The standard InChI is InChI=1S/C34H32N2O8/c37-22-6-1-19(2-7-22)11-13-35-31(43)18-26-24-16-29(41)30(42)17-25(24)32(21-5-10-27(39)28(40)15-21)33(26)34(44)36-14-12-20-3-8-23(38)9-4-20/h1-10,15-18,32-33,37-42H,11-14H2,(H,35,43)(H,36,44). The number of hydrogen-bond donors (Lipinski definition) is 8. The molecule has 10 nitrogen and oxygen atoms in total. The van der Waals surface area contributed by atoms with E-state index in [-0.39, 0.29) is 30.3 Å². The van der Waals surface area contributed by atoms with Crippen LogP contribution in [0.2, 0.25) is 0 Å². The molecule has 10 heteroatoms. The third-order valence-electron chi connectivity index (χ3n) is 7.69. The molecule has 2 atom stereocenters. The van der Waals surface area contributed by atoms with Gasteiger partial charge in [-0.15, -0.1) is 0 Å². The summed E-state index contributed by atoms with van der Waals surface area (Å²) in [6.07, 6.45) is 2.27. The van der Waals surface area contributed by atoms with Crippen molar-refractivity contribution in [2.75, 3.05) is 13.1 Å². The Bertz CT molecular complexity index is 1710. The molecule has 226 valence electrons. The maximum absolute atomic E-state index is 13.9. The third-order valence-corrected chi connectivity index (χ3v) is 7.69. The Balaban J connectivity index is 1.47. The van der Waals surface area contributed by atoms with E-state index in [0.29, 0.717) is 35.1 Å². The summed E-state index contributed by atoms with van der Waals surface area (Å²) in [6.45, 7) is 0.520. The van der Waals surface area contributed by atoms with Crippen LogP contribution in [0.25, 0.3) is 5.57 Å². The number of aromatic hydroxyl groups is 6. The van der Waals surface area contributed by atoms with Gasteiger partial charge in [-0.1, -0.05) is 30.3 Å². The summed E-state index contributed by atoms with van der Waals surface area (Å²) in [5, 5.41) is 65.8. The minimum absolute atomic E-state index is 0.129. The van der Waals surface area contributed by atoms with Crippen LogP contribution in [0.4, 0.5) is 0 Å². The maximum Gasteiger partial charge on any atom is 0.244 e. The molecule has 0 aromatic heterocycles. The van der Waals surface area contributed by atoms with Crippen molar-refractivity contribution >= 4 is 17.4 Å². The lowest BCUT2D eigenvalue weighted by Gasteiger charge is -2.22. The van der Waals surface area contributed by atoms with E-state index in [2.05, 4.69) is 10.6 Å². The lowest BCUT2D eigenvalue weighted by Crippen LogP contribution is -2.34. The molecule has 5 rings (SSSR count). The fourth-order valence-corrected chi connectivity index (χ4v) is 5.48. The summed E-state index contributed by atoms with van der Waals surface area (Å²) >= 11 is 0. The van der Waals surface area contributed by atoms with Crippen LogP contribution in [0.15, 0.2) is 84.9 Å². The van der Waals surface area contributed by atoms with Crippen molar-refractivity contribution < 1.29 is 40.2 Å². The molecule has 0 radical (unpaired) electrons. The Morgan fingerprint density at radius 3 is 1.77 bits per heavy atom. The zero-order valence-electron chi connectivity index (χ0n) is 23.6. The van der Waals surface area contributed by atoms with Gasteiger partial charge in [0, 0.05) is 25.1 Å². The molecule has 0 saturated heterocycles. The predicted molar refractivity (Wildman–Crippen MR) is 162 cm³/mol. The van der Waals surface area contributed by atoms with Crippen LogP contribution in [-0.4, -0.2) is 55.5 Å². The van der Waals surface area contributed by atoms with E-state index in [0.717, 1.165) is 11.1 Å². The molecule has 0 heterocycles. The van der Waals surface area contributed by atoms with Crippen molar-refractivity contribution in [3.8, 4) is 34.5 Å². The highest BCUT2D eigenvalue weighted by atomic mass is 16.3. The highest BCUT2D eigenvalue weighted by Crippen LogP contribution is 2.52. The van der Waals surface area contributed by atoms with Gasteiger partial charge in [0.1, 0.15) is 11.5 Å². The molecule has 1 aliphatic carbocycles. The van der Waals surface area contributed by atoms with Gasteiger partial charge in [0.05, 0.1) is 5.92 Å². The summed E-state index contributed by atoms with van der Waals surface area (Å²) < 4.78 is 0. The molecule has 4 aromatic carbocycles. The van der Waals surface area contributed by atoms with Crippen LogP contribution in [-0.2, 0) is 22.4 Å². The van der Waals surface area contributed by atoms with Gasteiger partial charge in [-0.25, -0.2) is 0 Å². The number of hydrogen-bond acceptors (Lipinski definition) is 8. The Labute approximate surface area is 253 Å². The number of carbonyl (C=O) groups excluding carboxylic acids is 2. The average molecular weight is 597 g/mol. The second-order valence-corrected chi connectivity index (χ2v) is 10.6. The number of phenols is 6. The SMILES string of the molecule is O=C(C=C1c2cc(O)c(O)cc2C(c2ccc(O)c(O)c2)C1C(=O)NCCc1ccc(O)cc1)NCCc1ccc(O)cc1. The Hall–Kier alpha value is -5.64. The predicted octanol–water partition coefficient (Wildman–Crippen LogP) is 3.78. The molecule has 0 spiro atoms. The third kappa shape index (κ3) is 6.54. The summed E-state index contributed by atoms with van der Waals surface area (Å²) in [7, 11) is 0. The Morgan fingerprint density at radius 1 is 0.636 bits per heavy atom. The smallest absolute Gasteiger partial charge is 0.244 e. The molecule has 2 unspecified atom stereocenters. The number of nitrogens with one attached hydrogen (secondary N) is 2. The van der Waals surface area contributed by atoms with Crippen molar-refractivity contribution in [3.63, 3.8) is 0 Å². The van der Waals surface area contributed by atoms with Crippen molar-refractivity contribution in [2.24, 2.45) is 5.92 Å². The van der Waals surface area contributed by atoms with Crippen LogP contribution in [0.1, 0.15) is 33.7 Å². The molecule has 0 bridgehead atoms. The summed E-state index contributed by atoms with van der Waals surface area (Å²) in [5.74, 6) is -4.02. The zero-order chi connectivity index (χ0) is 31.4. The van der Waals surface area contributed by atoms with Gasteiger partial charge in [-0.05, 0) is 94.8 Å². The fraction of sp³-hybridized carbons (Fsp3) is 0.176. The lowest BCUT2D eigenvalue weighted by molar-refractivity contribution is -0.123. The summed E-state index contributed by atoms with van der Waals surface area (Å²) in [4.78, 5) is 27.1. The molecular formula is C34H32N2O8. The first-order chi connectivity index (χ1) is 21.1. The number of rotatable bonds is 9. The first-order valence-corrected chi connectivity index (χ1v) is 14.0. The molecule has 2 amide bonds. The minimum atomic E-state index is -1.00. The van der Waals surface area contributed by atoms with Gasteiger partial charge in [0.15, 0.2) is 23.0 Å². The number of carbonyl (C=O) groups is 2. The van der Waals surface area contributed by atoms with Gasteiger partial charge in [0.2, 0.25) is 11.8 Å². The second kappa shape index (κ2) is 12.7. The van der Waals surface area contributed by atoms with E-state index in [4.69, 9.17) is 0 Å². The van der Waals surface area contributed by atoms with Gasteiger partial charge in [-0.2, -0.15) is 0 Å². The number of benzene rings is 4. The van der Waals surface area contributed by atoms with E-state index < -0.39 is 40.9 Å². The molecule has 4 aromatic rings. The number of amides is 2. The number of fused-ring (bicyclic) bond motifs is 1. The molecule has 0 fully saturated rings. The highest BCUT2D eigenvalue weighted by molar-refractivity contribution is 6.04. The zero-order valence-corrected chi connectivity index (χ0v) is 23.6. The quantitative estimate of drug-likeness (QED) is 0.106. The van der Waals surface area contributed by atoms with Crippen molar-refractivity contribution in [3.05, 3.63) is 113 Å². The maximum atomic E-state index is 13.9. The Morgan fingerprint density at radius 2 is 1.18 bits per heavy atom. The molecule has 8 N–H and O–H groups in total. The van der Waals surface area contributed by atoms with Gasteiger partial charge in [-0.3, -0.25) is 9.59 Å². The molecule has 0 aliphatic heterocycles. The monoisotopic (exact) mass is 596 g/mol. The normalized spacial score (nSPS) is 16.4. The molecule has 0 saturated carbocycles. The van der Waals surface area contributed by atoms with Crippen LogP contribution >= 0.6 is 0 Å². The van der Waals surface area contributed by atoms with Crippen molar-refractivity contribution in [1.82, 2.24) is 10.6 Å². The minimum Gasteiger partial charge on any atom is -0.508 e. The summed E-state index contributed by atoms with van der Waals surface area (Å²) in [6, 6.07) is 20.0. The topological polar surface area (TPSA) is 180 Å². The lowest BCUT2D eigenvalue weighted by atomic mass is 9.83. The fourth-order valence-electron chi connectivity index (χ4n) is 5.48. The molecule has 44 heavy (non-hydrogen) atoms. The molecule has 1 aliphatic rings. The largest absolute Gasteiger partial charge is 0.508 e. The van der Waals surface area contributed by atoms with Gasteiger partial charge in [0.25, 0.3) is 0 Å². The van der Waals surface area contributed by atoms with Gasteiger partial charge < -0.3 is 41.3 Å². The van der Waals surface area contributed by atoms with E-state index in [9.17, 15) is 40.2 Å². The second-order valence-electron chi connectivity index (χ2n) is 10.6. The van der Waals surface area contributed by atoms with Crippen LogP contribution < -0.4 is 10.6 Å². The highest BCUT2D eigenvalue weighted by Gasteiger charge is 2.43.